The van der Waals surface area contributed by atoms with Gasteiger partial charge >= 0.3 is 6.18 Å². The van der Waals surface area contributed by atoms with E-state index in [-0.39, 0.29) is 24.5 Å². The Kier molecular flexibility index (Phi) is 4.73. The van der Waals surface area contributed by atoms with Crippen LogP contribution in [0.3, 0.4) is 0 Å². The number of amides is 1. The maximum absolute atomic E-state index is 13.1. The van der Waals surface area contributed by atoms with Crippen molar-refractivity contribution in [3.8, 4) is 0 Å². The number of carbonyl (C=O) groups excluding carboxylic acids is 1. The standard InChI is InChI=1S/C17H16F3N5O2/c1-3-25(16(27)11-8-24(2)23-14(11)17(18,19)20)9-13-21-12-7-5-4-6-10(12)15(26)22-13/h4-8H,3,9H2,1-2H3,(H,21,22,26). The largest absolute Gasteiger partial charge is 0.435 e. The highest BCUT2D eigenvalue weighted by Gasteiger charge is 2.39. The van der Waals surface area contributed by atoms with Gasteiger partial charge < -0.3 is 9.88 Å². The van der Waals surface area contributed by atoms with E-state index in [2.05, 4.69) is 15.1 Å². The minimum Gasteiger partial charge on any atom is -0.331 e. The van der Waals surface area contributed by atoms with Gasteiger partial charge in [-0.3, -0.25) is 14.3 Å². The SMILES string of the molecule is CCN(Cc1nc2ccccc2c(=O)[nH]1)C(=O)c1cn(C)nc1C(F)(F)F. The zero-order valence-electron chi connectivity index (χ0n) is 14.5. The molecule has 0 aliphatic heterocycles. The van der Waals surface area contributed by atoms with Gasteiger partial charge in [-0.2, -0.15) is 18.3 Å². The van der Waals surface area contributed by atoms with E-state index in [0.717, 1.165) is 10.9 Å². The van der Waals surface area contributed by atoms with E-state index < -0.39 is 23.3 Å². The van der Waals surface area contributed by atoms with Gasteiger partial charge in [-0.1, -0.05) is 12.1 Å². The molecular weight excluding hydrogens is 363 g/mol. The van der Waals surface area contributed by atoms with Crippen LogP contribution in [-0.2, 0) is 19.8 Å². The van der Waals surface area contributed by atoms with Crippen LogP contribution in [0.25, 0.3) is 10.9 Å². The van der Waals surface area contributed by atoms with Crippen molar-refractivity contribution in [3.63, 3.8) is 0 Å². The number of para-hydroxylation sites is 1. The van der Waals surface area contributed by atoms with E-state index in [9.17, 15) is 22.8 Å². The van der Waals surface area contributed by atoms with E-state index in [0.29, 0.717) is 10.9 Å². The van der Waals surface area contributed by atoms with Crippen LogP contribution in [0.2, 0.25) is 0 Å². The van der Waals surface area contributed by atoms with Crippen LogP contribution in [0.15, 0.2) is 35.3 Å². The fraction of sp³-hybridized carbons (Fsp3) is 0.294. The highest BCUT2D eigenvalue weighted by atomic mass is 19.4. The van der Waals surface area contributed by atoms with Crippen LogP contribution >= 0.6 is 0 Å². The molecule has 0 aliphatic rings. The molecule has 0 fully saturated rings. The number of H-pyrrole nitrogens is 1. The van der Waals surface area contributed by atoms with E-state index >= 15 is 0 Å². The molecule has 2 heterocycles. The highest BCUT2D eigenvalue weighted by Crippen LogP contribution is 2.31. The van der Waals surface area contributed by atoms with E-state index in [1.165, 1.54) is 11.9 Å². The van der Waals surface area contributed by atoms with Gasteiger partial charge in [0.1, 0.15) is 5.82 Å². The molecular formula is C17H16F3N5O2. The molecule has 0 spiro atoms. The Morgan fingerprint density at radius 1 is 1.30 bits per heavy atom. The van der Waals surface area contributed by atoms with Crippen molar-refractivity contribution in [2.24, 2.45) is 7.05 Å². The number of aryl methyl sites for hydroxylation is 1. The van der Waals surface area contributed by atoms with Gasteiger partial charge in [0.05, 0.1) is 23.0 Å². The van der Waals surface area contributed by atoms with E-state index in [1.807, 2.05) is 0 Å². The minimum absolute atomic E-state index is 0.127. The Hall–Kier alpha value is -3.17. The number of hydrogen-bond acceptors (Lipinski definition) is 4. The first-order chi connectivity index (χ1) is 12.7. The van der Waals surface area contributed by atoms with Crippen LogP contribution in [0, 0.1) is 0 Å². The lowest BCUT2D eigenvalue weighted by atomic mass is 10.2. The third kappa shape index (κ3) is 3.69. The second-order valence-electron chi connectivity index (χ2n) is 5.91. The van der Waals surface area contributed by atoms with Gasteiger partial charge in [-0.25, -0.2) is 4.98 Å². The number of halogens is 3. The second-order valence-corrected chi connectivity index (χ2v) is 5.91. The Morgan fingerprint density at radius 2 is 2.00 bits per heavy atom. The second kappa shape index (κ2) is 6.86. The highest BCUT2D eigenvalue weighted by molar-refractivity contribution is 5.95. The third-order valence-electron chi connectivity index (χ3n) is 4.00. The van der Waals surface area contributed by atoms with Crippen LogP contribution in [0.4, 0.5) is 13.2 Å². The van der Waals surface area contributed by atoms with Gasteiger partial charge in [0.2, 0.25) is 0 Å². The quantitative estimate of drug-likeness (QED) is 0.754. The smallest absolute Gasteiger partial charge is 0.331 e. The van der Waals surface area contributed by atoms with Crippen molar-refractivity contribution >= 4 is 16.8 Å². The van der Waals surface area contributed by atoms with Crippen molar-refractivity contribution in [2.45, 2.75) is 19.6 Å². The number of fused-ring (bicyclic) bond motifs is 1. The molecule has 0 atom stereocenters. The first-order valence-corrected chi connectivity index (χ1v) is 8.08. The summed E-state index contributed by atoms with van der Waals surface area (Å²) in [6.07, 6.45) is -3.72. The van der Waals surface area contributed by atoms with Crippen LogP contribution in [0.1, 0.15) is 28.8 Å². The Balaban J connectivity index is 1.95. The maximum atomic E-state index is 13.1. The average Bonchev–Trinajstić information content (AvgIpc) is 3.01. The monoisotopic (exact) mass is 379 g/mol. The fourth-order valence-corrected chi connectivity index (χ4v) is 2.74. The molecule has 0 bridgehead atoms. The first kappa shape index (κ1) is 18.6. The number of rotatable bonds is 4. The summed E-state index contributed by atoms with van der Waals surface area (Å²) in [7, 11) is 1.31. The number of hydrogen-bond donors (Lipinski definition) is 1. The van der Waals surface area contributed by atoms with Crippen molar-refractivity contribution in [1.29, 1.82) is 0 Å². The minimum atomic E-state index is -4.75. The zero-order chi connectivity index (χ0) is 19.8. The molecule has 2 aromatic heterocycles. The fourth-order valence-electron chi connectivity index (χ4n) is 2.74. The third-order valence-corrected chi connectivity index (χ3v) is 4.00. The molecule has 0 aliphatic carbocycles. The Labute approximate surface area is 151 Å². The van der Waals surface area contributed by atoms with E-state index in [4.69, 9.17) is 0 Å². The van der Waals surface area contributed by atoms with Gasteiger partial charge in [-0.05, 0) is 19.1 Å². The Morgan fingerprint density at radius 3 is 2.67 bits per heavy atom. The molecule has 0 unspecified atom stereocenters. The van der Waals surface area contributed by atoms with Crippen LogP contribution < -0.4 is 5.56 Å². The molecule has 3 rings (SSSR count). The summed E-state index contributed by atoms with van der Waals surface area (Å²) in [4.78, 5) is 32.8. The number of aromatic nitrogens is 4. The first-order valence-electron chi connectivity index (χ1n) is 8.08. The predicted molar refractivity (Wildman–Crippen MR) is 91.0 cm³/mol. The predicted octanol–water partition coefficient (Wildman–Crippen LogP) is 2.34. The molecule has 142 valence electrons. The molecule has 7 nitrogen and oxygen atoms in total. The molecule has 1 aromatic carbocycles. The van der Waals surface area contributed by atoms with Crippen LogP contribution in [-0.4, -0.2) is 37.1 Å². The van der Waals surface area contributed by atoms with Gasteiger partial charge in [0.25, 0.3) is 11.5 Å². The molecule has 0 saturated heterocycles. The molecule has 1 N–H and O–H groups in total. The number of nitrogens with one attached hydrogen (secondary N) is 1. The summed E-state index contributed by atoms with van der Waals surface area (Å²) in [5, 5.41) is 3.74. The average molecular weight is 379 g/mol. The molecule has 1 amide bonds. The number of benzene rings is 1. The van der Waals surface area contributed by atoms with Gasteiger partial charge in [0, 0.05) is 19.8 Å². The molecule has 3 aromatic rings. The van der Waals surface area contributed by atoms with E-state index in [1.54, 1.807) is 31.2 Å². The lowest BCUT2D eigenvalue weighted by Gasteiger charge is -2.20. The summed E-state index contributed by atoms with van der Waals surface area (Å²) < 4.78 is 40.4. The lowest BCUT2D eigenvalue weighted by Crippen LogP contribution is -2.33. The summed E-state index contributed by atoms with van der Waals surface area (Å²) in [5.74, 6) is -0.653. The van der Waals surface area contributed by atoms with Gasteiger partial charge in [0.15, 0.2) is 5.69 Å². The van der Waals surface area contributed by atoms with Crippen molar-refractivity contribution in [1.82, 2.24) is 24.6 Å². The summed E-state index contributed by atoms with van der Waals surface area (Å²) in [6, 6.07) is 6.67. The van der Waals surface area contributed by atoms with Gasteiger partial charge in [-0.15, -0.1) is 0 Å². The number of alkyl halides is 3. The summed E-state index contributed by atoms with van der Waals surface area (Å²) in [6.45, 7) is 1.61. The topological polar surface area (TPSA) is 83.9 Å². The number of aromatic amines is 1. The summed E-state index contributed by atoms with van der Waals surface area (Å²) >= 11 is 0. The molecule has 10 heteroatoms. The van der Waals surface area contributed by atoms with Crippen molar-refractivity contribution in [3.05, 3.63) is 57.9 Å². The molecule has 0 radical (unpaired) electrons. The number of nitrogens with zero attached hydrogens (tertiary/aromatic N) is 4. The zero-order valence-corrected chi connectivity index (χ0v) is 14.5. The lowest BCUT2D eigenvalue weighted by molar-refractivity contribution is -0.141. The molecule has 27 heavy (non-hydrogen) atoms. The Bertz CT molecular complexity index is 1050. The summed E-state index contributed by atoms with van der Waals surface area (Å²) in [5.41, 5.74) is -1.73. The number of carbonyl (C=O) groups is 1. The normalized spacial score (nSPS) is 11.7. The van der Waals surface area contributed by atoms with Crippen LogP contribution in [0.5, 0.6) is 0 Å². The van der Waals surface area contributed by atoms with Crippen molar-refractivity contribution in [2.75, 3.05) is 6.54 Å². The molecule has 0 saturated carbocycles. The maximum Gasteiger partial charge on any atom is 0.435 e. The van der Waals surface area contributed by atoms with Crippen molar-refractivity contribution < 1.29 is 18.0 Å².